The summed E-state index contributed by atoms with van der Waals surface area (Å²) in [5.74, 6) is 0.369. The van der Waals surface area contributed by atoms with E-state index in [1.165, 1.54) is 0 Å². The summed E-state index contributed by atoms with van der Waals surface area (Å²) in [5, 5.41) is 1.34. The standard InChI is InChI=1S/C17H22Cl2N2O2/c18-15-4-3-13(16(19)10-15)11-20-5-1-2-14(12-20)17(22)21-6-8-23-9-7-21/h3-4,10,14H,1-2,5-9,11-12H2. The number of benzene rings is 1. The van der Waals surface area contributed by atoms with Crippen LogP contribution in [0.25, 0.3) is 0 Å². The second kappa shape index (κ2) is 7.84. The van der Waals surface area contributed by atoms with Gasteiger partial charge in [-0.05, 0) is 37.1 Å². The molecule has 1 atom stereocenters. The topological polar surface area (TPSA) is 32.8 Å². The summed E-state index contributed by atoms with van der Waals surface area (Å²) < 4.78 is 5.33. The normalized spacial score (nSPS) is 23.0. The summed E-state index contributed by atoms with van der Waals surface area (Å²) in [4.78, 5) is 16.9. The first-order valence-electron chi connectivity index (χ1n) is 8.16. The predicted octanol–water partition coefficient (Wildman–Crippen LogP) is 3.06. The molecule has 0 N–H and O–H groups in total. The van der Waals surface area contributed by atoms with Crippen molar-refractivity contribution in [2.75, 3.05) is 39.4 Å². The third-order valence-corrected chi connectivity index (χ3v) is 5.17. The van der Waals surface area contributed by atoms with Gasteiger partial charge in [-0.3, -0.25) is 9.69 Å². The number of likely N-dealkylation sites (tertiary alicyclic amines) is 1. The van der Waals surface area contributed by atoms with E-state index in [0.717, 1.165) is 51.1 Å². The average molecular weight is 357 g/mol. The van der Waals surface area contributed by atoms with Crippen molar-refractivity contribution in [3.63, 3.8) is 0 Å². The van der Waals surface area contributed by atoms with Crippen LogP contribution in [-0.4, -0.2) is 55.1 Å². The van der Waals surface area contributed by atoms with E-state index in [4.69, 9.17) is 27.9 Å². The van der Waals surface area contributed by atoms with Crippen LogP contribution in [0.3, 0.4) is 0 Å². The molecule has 1 aromatic carbocycles. The van der Waals surface area contributed by atoms with E-state index < -0.39 is 0 Å². The van der Waals surface area contributed by atoms with Crippen molar-refractivity contribution in [1.82, 2.24) is 9.80 Å². The highest BCUT2D eigenvalue weighted by atomic mass is 35.5. The minimum absolute atomic E-state index is 0.0907. The summed E-state index contributed by atoms with van der Waals surface area (Å²) in [5.41, 5.74) is 1.07. The molecular formula is C17H22Cl2N2O2. The molecule has 23 heavy (non-hydrogen) atoms. The maximum absolute atomic E-state index is 12.7. The van der Waals surface area contributed by atoms with Crippen molar-refractivity contribution in [3.05, 3.63) is 33.8 Å². The lowest BCUT2D eigenvalue weighted by molar-refractivity contribution is -0.141. The van der Waals surface area contributed by atoms with Crippen molar-refractivity contribution in [1.29, 1.82) is 0 Å². The van der Waals surface area contributed by atoms with Gasteiger partial charge >= 0.3 is 0 Å². The summed E-state index contributed by atoms with van der Waals surface area (Å²) in [6.07, 6.45) is 2.02. The minimum atomic E-state index is 0.0907. The van der Waals surface area contributed by atoms with Crippen LogP contribution in [0, 0.1) is 5.92 Å². The number of carbonyl (C=O) groups excluding carboxylic acids is 1. The highest BCUT2D eigenvalue weighted by molar-refractivity contribution is 6.35. The molecule has 1 aromatic rings. The molecule has 2 aliphatic rings. The Bertz CT molecular complexity index is 562. The van der Waals surface area contributed by atoms with Crippen LogP contribution < -0.4 is 0 Å². The number of morpholine rings is 1. The lowest BCUT2D eigenvalue weighted by Gasteiger charge is -2.36. The highest BCUT2D eigenvalue weighted by Gasteiger charge is 2.30. The van der Waals surface area contributed by atoms with Crippen LogP contribution >= 0.6 is 23.2 Å². The number of ether oxygens (including phenoxy) is 1. The van der Waals surface area contributed by atoms with Gasteiger partial charge in [0.2, 0.25) is 5.91 Å². The Morgan fingerprint density at radius 3 is 2.74 bits per heavy atom. The summed E-state index contributed by atoms with van der Waals surface area (Å²) >= 11 is 12.2. The lowest BCUT2D eigenvalue weighted by atomic mass is 9.96. The zero-order chi connectivity index (χ0) is 16.2. The quantitative estimate of drug-likeness (QED) is 0.834. The van der Waals surface area contributed by atoms with Crippen LogP contribution in [0.4, 0.5) is 0 Å². The maximum Gasteiger partial charge on any atom is 0.227 e. The van der Waals surface area contributed by atoms with E-state index in [2.05, 4.69) is 4.90 Å². The number of hydrogen-bond donors (Lipinski definition) is 0. The van der Waals surface area contributed by atoms with Gasteiger partial charge in [0.1, 0.15) is 0 Å². The zero-order valence-corrected chi connectivity index (χ0v) is 14.7. The molecule has 3 rings (SSSR count). The Balaban J connectivity index is 1.60. The largest absolute Gasteiger partial charge is 0.378 e. The molecule has 2 heterocycles. The molecule has 0 bridgehead atoms. The van der Waals surface area contributed by atoms with Gasteiger partial charge in [0.25, 0.3) is 0 Å². The monoisotopic (exact) mass is 356 g/mol. The van der Waals surface area contributed by atoms with Crippen molar-refractivity contribution in [2.24, 2.45) is 5.92 Å². The van der Waals surface area contributed by atoms with Crippen molar-refractivity contribution < 1.29 is 9.53 Å². The van der Waals surface area contributed by atoms with Crippen molar-refractivity contribution in [2.45, 2.75) is 19.4 Å². The van der Waals surface area contributed by atoms with Gasteiger partial charge in [0.15, 0.2) is 0 Å². The van der Waals surface area contributed by atoms with E-state index in [1.54, 1.807) is 6.07 Å². The second-order valence-corrected chi connectivity index (χ2v) is 7.09. The minimum Gasteiger partial charge on any atom is -0.378 e. The fraction of sp³-hybridized carbons (Fsp3) is 0.588. The summed E-state index contributed by atoms with van der Waals surface area (Å²) in [6.45, 7) is 5.33. The molecule has 1 amide bonds. The van der Waals surface area contributed by atoms with E-state index in [-0.39, 0.29) is 11.8 Å². The number of amides is 1. The number of halogens is 2. The molecule has 0 aromatic heterocycles. The summed E-state index contributed by atoms with van der Waals surface area (Å²) in [7, 11) is 0. The smallest absolute Gasteiger partial charge is 0.227 e. The Hall–Kier alpha value is -0.810. The molecule has 0 saturated carbocycles. The van der Waals surface area contributed by atoms with Crippen molar-refractivity contribution >= 4 is 29.1 Å². The number of carbonyl (C=O) groups is 1. The first-order valence-corrected chi connectivity index (χ1v) is 8.92. The third-order valence-electron chi connectivity index (χ3n) is 4.59. The molecular weight excluding hydrogens is 335 g/mol. The first-order chi connectivity index (χ1) is 11.1. The van der Waals surface area contributed by atoms with Gasteiger partial charge < -0.3 is 9.64 Å². The molecule has 126 valence electrons. The highest BCUT2D eigenvalue weighted by Crippen LogP contribution is 2.25. The molecule has 2 fully saturated rings. The molecule has 0 aliphatic carbocycles. The van der Waals surface area contributed by atoms with E-state index in [1.807, 2.05) is 17.0 Å². The third kappa shape index (κ3) is 4.38. The molecule has 2 saturated heterocycles. The van der Waals surface area contributed by atoms with E-state index in [0.29, 0.717) is 23.3 Å². The number of hydrogen-bond acceptors (Lipinski definition) is 3. The van der Waals surface area contributed by atoms with Crippen LogP contribution in [0.1, 0.15) is 18.4 Å². The second-order valence-electron chi connectivity index (χ2n) is 6.25. The lowest BCUT2D eigenvalue weighted by Crippen LogP contribution is -2.48. The Morgan fingerprint density at radius 2 is 2.00 bits per heavy atom. The van der Waals surface area contributed by atoms with Gasteiger partial charge in [0, 0.05) is 36.2 Å². The number of nitrogens with zero attached hydrogens (tertiary/aromatic N) is 2. The summed E-state index contributed by atoms with van der Waals surface area (Å²) in [6, 6.07) is 5.61. The molecule has 2 aliphatic heterocycles. The van der Waals surface area contributed by atoms with Crippen LogP contribution in [-0.2, 0) is 16.1 Å². The molecule has 4 nitrogen and oxygen atoms in total. The SMILES string of the molecule is O=C(C1CCCN(Cc2ccc(Cl)cc2Cl)C1)N1CCOCC1. The van der Waals surface area contributed by atoms with Gasteiger partial charge in [-0.25, -0.2) is 0 Å². The van der Waals surface area contributed by atoms with E-state index >= 15 is 0 Å². The Kier molecular flexibility index (Phi) is 5.81. The predicted molar refractivity (Wildman–Crippen MR) is 91.9 cm³/mol. The Morgan fingerprint density at radius 1 is 1.22 bits per heavy atom. The number of piperidine rings is 1. The van der Waals surface area contributed by atoms with Crippen LogP contribution in [0.5, 0.6) is 0 Å². The Labute approximate surface area is 147 Å². The van der Waals surface area contributed by atoms with Crippen LogP contribution in [0.15, 0.2) is 18.2 Å². The fourth-order valence-electron chi connectivity index (χ4n) is 3.33. The van der Waals surface area contributed by atoms with Gasteiger partial charge in [0.05, 0.1) is 19.1 Å². The van der Waals surface area contributed by atoms with Crippen LogP contribution in [0.2, 0.25) is 10.0 Å². The molecule has 0 spiro atoms. The molecule has 1 unspecified atom stereocenters. The van der Waals surface area contributed by atoms with Gasteiger partial charge in [-0.15, -0.1) is 0 Å². The van der Waals surface area contributed by atoms with Gasteiger partial charge in [-0.2, -0.15) is 0 Å². The van der Waals surface area contributed by atoms with E-state index in [9.17, 15) is 4.79 Å². The van der Waals surface area contributed by atoms with Gasteiger partial charge in [-0.1, -0.05) is 29.3 Å². The zero-order valence-electron chi connectivity index (χ0n) is 13.1. The maximum atomic E-state index is 12.7. The number of rotatable bonds is 3. The first kappa shape index (κ1) is 17.0. The molecule has 6 heteroatoms. The molecule has 0 radical (unpaired) electrons. The average Bonchev–Trinajstić information content (AvgIpc) is 2.58. The van der Waals surface area contributed by atoms with Crippen molar-refractivity contribution in [3.8, 4) is 0 Å². The fourth-order valence-corrected chi connectivity index (χ4v) is 3.80.